The molecular weight excluding hydrogens is 853 g/mol. The van der Waals surface area contributed by atoms with Gasteiger partial charge in [0, 0.05) is 58.4 Å². The fraction of sp³-hybridized carbons (Fsp3) is 0.422. The van der Waals surface area contributed by atoms with Crippen LogP contribution in [0.15, 0.2) is 34.8 Å². The van der Waals surface area contributed by atoms with Crippen LogP contribution >= 0.6 is 22.7 Å². The van der Waals surface area contributed by atoms with Crippen molar-refractivity contribution in [3.63, 3.8) is 0 Å². The van der Waals surface area contributed by atoms with E-state index in [0.29, 0.717) is 67.6 Å². The minimum atomic E-state index is -0.733. The molecule has 0 aromatic carbocycles. The Labute approximate surface area is 377 Å². The van der Waals surface area contributed by atoms with Crippen LogP contribution in [0.2, 0.25) is 0 Å². The monoisotopic (exact) mass is 900 g/mol. The highest BCUT2D eigenvalue weighted by Gasteiger charge is 2.34. The van der Waals surface area contributed by atoms with Crippen molar-refractivity contribution in [2.45, 2.75) is 70.5 Å². The van der Waals surface area contributed by atoms with Crippen LogP contribution in [0.3, 0.4) is 0 Å². The van der Waals surface area contributed by atoms with Crippen LogP contribution in [-0.2, 0) is 48.4 Å². The number of ether oxygens (including phenoxy) is 2. The van der Waals surface area contributed by atoms with Crippen molar-refractivity contribution in [2.24, 2.45) is 21.8 Å². The number of amides is 1. The Balaban J connectivity index is 0.000000156. The highest BCUT2D eigenvalue weighted by Crippen LogP contribution is 2.43. The number of aliphatic carboxylic acids is 1. The molecule has 2 aliphatic carbocycles. The lowest BCUT2D eigenvalue weighted by molar-refractivity contribution is -0.142. The highest BCUT2D eigenvalue weighted by molar-refractivity contribution is 7.19. The molecule has 2 atom stereocenters. The Hall–Kier alpha value is -6.18. The predicted molar refractivity (Wildman–Crippen MR) is 248 cm³/mol. The predicted octanol–water partition coefficient (Wildman–Crippen LogP) is 6.39. The number of aliphatic imine (C=N–C) groups is 2. The van der Waals surface area contributed by atoms with Crippen molar-refractivity contribution < 1.29 is 24.2 Å². The van der Waals surface area contributed by atoms with Crippen molar-refractivity contribution in [2.75, 3.05) is 52.0 Å². The number of aryl methyl sites for hydroxylation is 2. The van der Waals surface area contributed by atoms with Gasteiger partial charge in [0.25, 0.3) is 0 Å². The lowest BCUT2D eigenvalue weighted by Gasteiger charge is -2.37. The number of anilines is 4. The lowest BCUT2D eigenvalue weighted by Crippen LogP contribution is -2.47. The molecule has 3 aliphatic heterocycles. The summed E-state index contributed by atoms with van der Waals surface area (Å²) in [7, 11) is 7.47. The van der Waals surface area contributed by atoms with Crippen LogP contribution in [0.25, 0.3) is 20.4 Å². The number of carboxylic acids is 1. The average Bonchev–Trinajstić information content (AvgIpc) is 4.13. The Bertz CT molecular complexity index is 2870. The molecule has 3 N–H and O–H groups in total. The number of hydrogen-bond acceptors (Lipinski definition) is 17. The van der Waals surface area contributed by atoms with Gasteiger partial charge in [0.05, 0.1) is 55.4 Å². The zero-order chi connectivity index (χ0) is 44.1. The molecule has 1 amide bonds. The number of aromatic nitrogens is 6. The third-order valence-electron chi connectivity index (χ3n) is 12.9. The maximum Gasteiger partial charge on any atom is 0.306 e. The van der Waals surface area contributed by atoms with Gasteiger partial charge in [0.2, 0.25) is 17.7 Å². The molecule has 0 spiro atoms. The third-order valence-corrected chi connectivity index (χ3v) is 15.3. The first-order chi connectivity index (χ1) is 31.1. The van der Waals surface area contributed by atoms with Crippen molar-refractivity contribution in [3.05, 3.63) is 68.2 Å². The third kappa shape index (κ3) is 7.89. The molecule has 6 aromatic rings. The summed E-state index contributed by atoms with van der Waals surface area (Å²) in [4.78, 5) is 69.0. The zero-order valence-electron chi connectivity index (χ0n) is 36.1. The molecule has 5 aliphatic rings. The van der Waals surface area contributed by atoms with Gasteiger partial charge in [0.1, 0.15) is 45.3 Å². The smallest absolute Gasteiger partial charge is 0.306 e. The second-order valence-electron chi connectivity index (χ2n) is 16.9. The summed E-state index contributed by atoms with van der Waals surface area (Å²) >= 11 is 3.24. The Morgan fingerprint density at radius 1 is 0.734 bits per heavy atom. The molecule has 11 rings (SSSR count). The molecule has 330 valence electrons. The van der Waals surface area contributed by atoms with Crippen LogP contribution in [0, 0.1) is 11.8 Å². The van der Waals surface area contributed by atoms with Crippen molar-refractivity contribution in [1.29, 1.82) is 0 Å². The number of piperidine rings is 1. The minimum absolute atomic E-state index is 0.0473. The van der Waals surface area contributed by atoms with Gasteiger partial charge in [-0.1, -0.05) is 0 Å². The van der Waals surface area contributed by atoms with Gasteiger partial charge in [-0.3, -0.25) is 19.6 Å². The zero-order valence-corrected chi connectivity index (χ0v) is 37.7. The molecule has 0 bridgehead atoms. The van der Waals surface area contributed by atoms with E-state index in [4.69, 9.17) is 9.47 Å². The summed E-state index contributed by atoms with van der Waals surface area (Å²) in [6.07, 6.45) is 13.3. The number of nitrogens with one attached hydrogen (secondary N) is 2. The van der Waals surface area contributed by atoms with E-state index in [-0.39, 0.29) is 11.8 Å². The number of fused-ring (bicyclic) bond motifs is 8. The Morgan fingerprint density at radius 2 is 1.23 bits per heavy atom. The topological polar surface area (TPSA) is 205 Å². The number of methoxy groups -OCH3 is 2. The first-order valence-corrected chi connectivity index (χ1v) is 23.2. The van der Waals surface area contributed by atoms with E-state index in [1.54, 1.807) is 49.4 Å². The minimum Gasteiger partial charge on any atom is -0.481 e. The fourth-order valence-corrected chi connectivity index (χ4v) is 12.0. The maximum atomic E-state index is 13.4. The van der Waals surface area contributed by atoms with E-state index >= 15 is 0 Å². The SMILES string of the molecule is COc1nc2c(cc1Nc1ncnc3sc4c(c13)CC[C@H](C(=O)N1CCC(N(C)C)CC1)C4)C=NC2.COc1nc2c(cc1Nc1ncnc3sc4c(c13)CC[C@H](C(=O)O)C4)C=NC2. The number of rotatable bonds is 9. The van der Waals surface area contributed by atoms with Crippen molar-refractivity contribution >= 4 is 90.4 Å². The van der Waals surface area contributed by atoms with E-state index in [9.17, 15) is 14.7 Å². The standard InChI is InChI=1S/C26H31N7O2S.C19H17N5O3S/c1-32(2)17-6-8-33(9-7-17)26(34)15-4-5-18-21(11-15)36-25-22(18)23(28-14-29-25)30-19-10-16-12-27-13-20(16)31-24(19)35-3;1-27-17-12(4-10-6-20-7-13(10)24-17)23-16-15-11-3-2-9(19(25)26)5-14(11)28-18(15)22-8-21-16/h10,12,14-15,17H,4-9,11,13H2,1-3H3,(H,28,29,30);4,6,8-9H,2-3,5,7H2,1H3,(H,25,26)(H,21,22,23)/t15-;9-/m00/s1. The molecule has 1 saturated heterocycles. The molecule has 64 heavy (non-hydrogen) atoms. The second kappa shape index (κ2) is 17.4. The molecular formula is C45H48N12O5S2. The largest absolute Gasteiger partial charge is 0.481 e. The maximum absolute atomic E-state index is 13.4. The first kappa shape index (κ1) is 41.8. The van der Waals surface area contributed by atoms with E-state index in [1.807, 2.05) is 18.3 Å². The van der Waals surface area contributed by atoms with Gasteiger partial charge in [-0.05, 0) is 88.7 Å². The van der Waals surface area contributed by atoms with E-state index in [2.05, 4.69) is 74.4 Å². The number of hydrogen-bond donors (Lipinski definition) is 3. The Morgan fingerprint density at radius 3 is 1.72 bits per heavy atom. The van der Waals surface area contributed by atoms with Crippen LogP contribution in [0.5, 0.6) is 11.8 Å². The van der Waals surface area contributed by atoms with Gasteiger partial charge in [-0.15, -0.1) is 22.7 Å². The molecule has 0 radical (unpaired) electrons. The number of carboxylic acid groups (broad SMARTS) is 1. The van der Waals surface area contributed by atoms with E-state index in [0.717, 1.165) is 110 Å². The van der Waals surface area contributed by atoms with Crippen molar-refractivity contribution in [3.8, 4) is 11.8 Å². The Kier molecular flexibility index (Phi) is 11.4. The van der Waals surface area contributed by atoms with Gasteiger partial charge < -0.3 is 35.0 Å². The molecule has 0 unspecified atom stereocenters. The summed E-state index contributed by atoms with van der Waals surface area (Å²) in [5.74, 6) is 1.76. The van der Waals surface area contributed by atoms with Gasteiger partial charge in [-0.25, -0.2) is 29.9 Å². The van der Waals surface area contributed by atoms with Crippen LogP contribution in [0.4, 0.5) is 23.0 Å². The molecule has 9 heterocycles. The number of carbonyl (C=O) groups is 2. The van der Waals surface area contributed by atoms with Crippen molar-refractivity contribution in [1.82, 2.24) is 39.7 Å². The molecule has 1 fully saturated rings. The first-order valence-electron chi connectivity index (χ1n) is 21.5. The van der Waals surface area contributed by atoms with Crippen LogP contribution in [0.1, 0.15) is 69.1 Å². The normalized spacial score (nSPS) is 18.6. The summed E-state index contributed by atoms with van der Waals surface area (Å²) < 4.78 is 11.0. The van der Waals surface area contributed by atoms with Crippen LogP contribution < -0.4 is 20.1 Å². The van der Waals surface area contributed by atoms with Crippen LogP contribution in [-0.4, -0.2) is 117 Å². The highest BCUT2D eigenvalue weighted by atomic mass is 32.1. The summed E-state index contributed by atoms with van der Waals surface area (Å²) in [6.45, 7) is 2.86. The number of pyridine rings is 2. The number of carbonyl (C=O) groups excluding carboxylic acids is 1. The van der Waals surface area contributed by atoms with Gasteiger partial charge >= 0.3 is 5.97 Å². The number of nitrogens with zero attached hydrogens (tertiary/aromatic N) is 10. The van der Waals surface area contributed by atoms with E-state index < -0.39 is 5.97 Å². The second-order valence-corrected chi connectivity index (χ2v) is 19.1. The summed E-state index contributed by atoms with van der Waals surface area (Å²) in [6, 6.07) is 4.55. The van der Waals surface area contributed by atoms with Gasteiger partial charge in [-0.2, -0.15) is 0 Å². The number of likely N-dealkylation sites (tertiary alicyclic amines) is 1. The quantitative estimate of drug-likeness (QED) is 0.144. The molecule has 6 aromatic heterocycles. The van der Waals surface area contributed by atoms with E-state index in [1.165, 1.54) is 16.8 Å². The summed E-state index contributed by atoms with van der Waals surface area (Å²) in [5.41, 5.74) is 7.65. The number of thiophene rings is 2. The molecule has 17 nitrogen and oxygen atoms in total. The summed E-state index contributed by atoms with van der Waals surface area (Å²) in [5, 5.41) is 18.2. The van der Waals surface area contributed by atoms with Gasteiger partial charge in [0.15, 0.2) is 0 Å². The fourth-order valence-electron chi connectivity index (χ4n) is 9.47. The average molecular weight is 901 g/mol. The molecule has 0 saturated carbocycles. The lowest BCUT2D eigenvalue weighted by atomic mass is 9.86. The molecule has 19 heteroatoms.